The molecule has 0 aliphatic carbocycles. The molecule has 4 nitrogen and oxygen atoms in total. The van der Waals surface area contributed by atoms with Crippen LogP contribution in [0, 0.1) is 5.82 Å². The van der Waals surface area contributed by atoms with Gasteiger partial charge in [0.25, 0.3) is 0 Å². The molecule has 1 saturated heterocycles. The zero-order valence-electron chi connectivity index (χ0n) is 14.9. The van der Waals surface area contributed by atoms with Crippen LogP contribution in [0.2, 0.25) is 0 Å². The molecule has 1 unspecified atom stereocenters. The summed E-state index contributed by atoms with van der Waals surface area (Å²) in [5, 5.41) is 2.79. The molecule has 136 valence electrons. The van der Waals surface area contributed by atoms with Crippen molar-refractivity contribution in [2.24, 2.45) is 0 Å². The molecule has 1 aliphatic heterocycles. The topological polar surface area (TPSA) is 49.4 Å². The predicted octanol–water partition coefficient (Wildman–Crippen LogP) is 3.02. The van der Waals surface area contributed by atoms with Gasteiger partial charge in [0.1, 0.15) is 11.9 Å². The highest BCUT2D eigenvalue weighted by Gasteiger charge is 2.33. The van der Waals surface area contributed by atoms with Gasteiger partial charge in [-0.15, -0.1) is 0 Å². The fourth-order valence-electron chi connectivity index (χ4n) is 3.25. The maximum absolute atomic E-state index is 13.2. The minimum atomic E-state index is -0.695. The van der Waals surface area contributed by atoms with Crippen LogP contribution in [0.1, 0.15) is 36.1 Å². The molecule has 1 N–H and O–H groups in total. The third-order valence-corrected chi connectivity index (χ3v) is 4.78. The molecule has 0 radical (unpaired) electrons. The van der Waals surface area contributed by atoms with E-state index in [1.165, 1.54) is 17.7 Å². The van der Waals surface area contributed by atoms with Gasteiger partial charge in [-0.3, -0.25) is 9.59 Å². The van der Waals surface area contributed by atoms with Crippen LogP contribution in [0.5, 0.6) is 0 Å². The second-order valence-electron chi connectivity index (χ2n) is 6.50. The van der Waals surface area contributed by atoms with E-state index < -0.39 is 6.04 Å². The van der Waals surface area contributed by atoms with E-state index in [0.29, 0.717) is 31.5 Å². The number of carbonyl (C=O) groups is 2. The third-order valence-electron chi connectivity index (χ3n) is 4.78. The first-order chi connectivity index (χ1) is 12.6. The fraction of sp³-hybridized carbons (Fsp3) is 0.333. The average Bonchev–Trinajstić information content (AvgIpc) is 2.67. The normalized spacial score (nSPS) is 17.1. The second-order valence-corrected chi connectivity index (χ2v) is 6.50. The molecule has 2 aromatic carbocycles. The van der Waals surface area contributed by atoms with E-state index >= 15 is 0 Å². The van der Waals surface area contributed by atoms with Gasteiger partial charge in [0.15, 0.2) is 0 Å². The van der Waals surface area contributed by atoms with Crippen LogP contribution in [0.4, 0.5) is 4.39 Å². The number of benzene rings is 2. The minimum absolute atomic E-state index is 0.0613. The Morgan fingerprint density at radius 3 is 2.42 bits per heavy atom. The lowest BCUT2D eigenvalue weighted by Gasteiger charge is -2.35. The summed E-state index contributed by atoms with van der Waals surface area (Å²) in [5.74, 6) is -0.643. The number of hydrogen-bond donors (Lipinski definition) is 1. The maximum Gasteiger partial charge on any atom is 0.247 e. The highest BCUT2D eigenvalue weighted by atomic mass is 19.1. The number of hydrogen-bond acceptors (Lipinski definition) is 2. The van der Waals surface area contributed by atoms with Crippen LogP contribution in [-0.4, -0.2) is 29.8 Å². The molecule has 0 spiro atoms. The fourth-order valence-corrected chi connectivity index (χ4v) is 3.25. The molecule has 1 heterocycles. The first-order valence-electron chi connectivity index (χ1n) is 8.99. The van der Waals surface area contributed by atoms with Crippen molar-refractivity contribution in [3.05, 3.63) is 71.0 Å². The molecular weight excluding hydrogens is 331 g/mol. The molecular formula is C21H23FN2O2. The van der Waals surface area contributed by atoms with Crippen molar-refractivity contribution >= 4 is 11.8 Å². The Labute approximate surface area is 153 Å². The van der Waals surface area contributed by atoms with Crippen LogP contribution in [0.15, 0.2) is 48.5 Å². The van der Waals surface area contributed by atoms with Crippen molar-refractivity contribution < 1.29 is 14.0 Å². The number of aryl methyl sites for hydroxylation is 2. The highest BCUT2D eigenvalue weighted by molar-refractivity contribution is 5.89. The number of piperazine rings is 1. The molecule has 5 heteroatoms. The van der Waals surface area contributed by atoms with Crippen molar-refractivity contribution in [1.29, 1.82) is 0 Å². The molecule has 2 aromatic rings. The predicted molar refractivity (Wildman–Crippen MR) is 98.0 cm³/mol. The van der Waals surface area contributed by atoms with Gasteiger partial charge in [-0.2, -0.15) is 0 Å². The van der Waals surface area contributed by atoms with Gasteiger partial charge in [0.2, 0.25) is 11.8 Å². The lowest BCUT2D eigenvalue weighted by molar-refractivity contribution is -0.143. The van der Waals surface area contributed by atoms with Crippen LogP contribution in [0.3, 0.4) is 0 Å². The molecule has 2 amide bonds. The van der Waals surface area contributed by atoms with E-state index in [0.717, 1.165) is 12.0 Å². The van der Waals surface area contributed by atoms with Crippen molar-refractivity contribution in [2.75, 3.05) is 13.1 Å². The van der Waals surface area contributed by atoms with Crippen molar-refractivity contribution in [1.82, 2.24) is 10.2 Å². The van der Waals surface area contributed by atoms with Gasteiger partial charge in [-0.25, -0.2) is 4.39 Å². The first kappa shape index (κ1) is 18.1. The maximum atomic E-state index is 13.2. The smallest absolute Gasteiger partial charge is 0.247 e. The lowest BCUT2D eigenvalue weighted by Crippen LogP contribution is -2.52. The summed E-state index contributed by atoms with van der Waals surface area (Å²) >= 11 is 0. The highest BCUT2D eigenvalue weighted by Crippen LogP contribution is 2.24. The van der Waals surface area contributed by atoms with Gasteiger partial charge in [0, 0.05) is 19.5 Å². The minimum Gasteiger partial charge on any atom is -0.352 e. The Kier molecular flexibility index (Phi) is 5.66. The summed E-state index contributed by atoms with van der Waals surface area (Å²) in [5.41, 5.74) is 3.00. The van der Waals surface area contributed by atoms with E-state index in [-0.39, 0.29) is 17.6 Å². The number of halogens is 1. The summed E-state index contributed by atoms with van der Waals surface area (Å²) < 4.78 is 13.2. The number of rotatable bonds is 5. The molecule has 1 atom stereocenters. The number of carbonyl (C=O) groups excluding carboxylic acids is 2. The van der Waals surface area contributed by atoms with Crippen LogP contribution in [-0.2, 0) is 22.4 Å². The zero-order chi connectivity index (χ0) is 18.5. The van der Waals surface area contributed by atoms with E-state index in [1.807, 2.05) is 12.1 Å². The summed E-state index contributed by atoms with van der Waals surface area (Å²) in [6, 6.07) is 13.3. The first-order valence-corrected chi connectivity index (χ1v) is 8.99. The average molecular weight is 354 g/mol. The van der Waals surface area contributed by atoms with Crippen molar-refractivity contribution in [3.63, 3.8) is 0 Å². The summed E-state index contributed by atoms with van der Waals surface area (Å²) in [6.07, 6.45) is 1.97. The second kappa shape index (κ2) is 8.13. The largest absolute Gasteiger partial charge is 0.352 e. The Morgan fingerprint density at radius 1 is 1.12 bits per heavy atom. The number of nitrogens with one attached hydrogen (secondary N) is 1. The zero-order valence-corrected chi connectivity index (χ0v) is 14.9. The Morgan fingerprint density at radius 2 is 1.77 bits per heavy atom. The van der Waals surface area contributed by atoms with E-state index in [1.54, 1.807) is 17.0 Å². The van der Waals surface area contributed by atoms with E-state index in [9.17, 15) is 14.0 Å². The Bertz CT molecular complexity index is 772. The molecule has 0 bridgehead atoms. The molecule has 1 fully saturated rings. The van der Waals surface area contributed by atoms with Crippen LogP contribution < -0.4 is 5.32 Å². The summed E-state index contributed by atoms with van der Waals surface area (Å²) in [4.78, 5) is 26.7. The van der Waals surface area contributed by atoms with Gasteiger partial charge in [-0.05, 0) is 41.7 Å². The summed E-state index contributed by atoms with van der Waals surface area (Å²) in [7, 11) is 0. The molecule has 0 saturated carbocycles. The Hall–Kier alpha value is -2.69. The molecule has 3 rings (SSSR count). The van der Waals surface area contributed by atoms with Crippen molar-refractivity contribution in [3.8, 4) is 0 Å². The van der Waals surface area contributed by atoms with Gasteiger partial charge in [0.05, 0.1) is 0 Å². The molecule has 26 heavy (non-hydrogen) atoms. The van der Waals surface area contributed by atoms with E-state index in [4.69, 9.17) is 0 Å². The van der Waals surface area contributed by atoms with Gasteiger partial charge < -0.3 is 10.2 Å². The lowest BCUT2D eigenvalue weighted by atomic mass is 10.0. The monoisotopic (exact) mass is 354 g/mol. The van der Waals surface area contributed by atoms with Gasteiger partial charge >= 0.3 is 0 Å². The Balaban J connectivity index is 1.70. The van der Waals surface area contributed by atoms with E-state index in [2.05, 4.69) is 24.4 Å². The van der Waals surface area contributed by atoms with Crippen LogP contribution >= 0.6 is 0 Å². The quantitative estimate of drug-likeness (QED) is 0.897. The summed E-state index contributed by atoms with van der Waals surface area (Å²) in [6.45, 7) is 3.00. The van der Waals surface area contributed by atoms with Crippen molar-refractivity contribution in [2.45, 2.75) is 32.2 Å². The molecule has 0 aromatic heterocycles. The number of nitrogens with zero attached hydrogens (tertiary/aromatic N) is 1. The van der Waals surface area contributed by atoms with Gasteiger partial charge in [-0.1, -0.05) is 43.3 Å². The molecule has 1 aliphatic rings. The third kappa shape index (κ3) is 4.10. The van der Waals surface area contributed by atoms with Crippen LogP contribution in [0.25, 0.3) is 0 Å². The number of amides is 2. The standard InChI is InChI=1S/C21H23FN2O2/c1-2-15-3-5-16(6-4-15)7-12-19(25)24-14-13-23-21(26)20(24)17-8-10-18(22)11-9-17/h3-6,8-11,20H,2,7,12-14H2,1H3,(H,23,26). The SMILES string of the molecule is CCc1ccc(CCC(=O)N2CCNC(=O)C2c2ccc(F)cc2)cc1.